The van der Waals surface area contributed by atoms with E-state index < -0.39 is 0 Å². The van der Waals surface area contributed by atoms with E-state index in [1.165, 1.54) is 31.0 Å². The molecule has 0 bridgehead atoms. The number of nitrogens with zero attached hydrogens (tertiary/aromatic N) is 1. The zero-order valence-corrected chi connectivity index (χ0v) is 27.6. The molecule has 3 rings (SSSR count). The third kappa shape index (κ3) is 9.30. The van der Waals surface area contributed by atoms with Gasteiger partial charge in [-0.05, 0) is 52.2 Å². The number of ether oxygens (including phenoxy) is 4. The molecule has 1 unspecified atom stereocenters. The average molecular weight is 617 g/mol. The number of fused-ring (bicyclic) bond motifs is 1. The molecule has 0 saturated heterocycles. The highest BCUT2D eigenvalue weighted by Gasteiger charge is 2.35. The number of nitrogens with one attached hydrogen (secondary N) is 1. The number of hydrogen-bond acceptors (Lipinski definition) is 9. The van der Waals surface area contributed by atoms with Crippen LogP contribution >= 0.6 is 23.5 Å². The van der Waals surface area contributed by atoms with E-state index >= 15 is 0 Å². The van der Waals surface area contributed by atoms with Crippen LogP contribution in [0.5, 0.6) is 11.5 Å². The first-order valence-corrected chi connectivity index (χ1v) is 16.8. The van der Waals surface area contributed by atoms with Crippen molar-refractivity contribution < 1.29 is 18.9 Å². The summed E-state index contributed by atoms with van der Waals surface area (Å²) in [7, 11) is 0. The van der Waals surface area contributed by atoms with Gasteiger partial charge in [-0.3, -0.25) is 5.41 Å². The van der Waals surface area contributed by atoms with Crippen LogP contribution in [0.15, 0.2) is 43.9 Å². The molecule has 0 fully saturated rings. The van der Waals surface area contributed by atoms with Crippen molar-refractivity contribution in [2.45, 2.75) is 94.1 Å². The van der Waals surface area contributed by atoms with Crippen molar-refractivity contribution >= 4 is 40.9 Å². The maximum Gasteiger partial charge on any atom is 0.158 e. The van der Waals surface area contributed by atoms with E-state index in [4.69, 9.17) is 35.8 Å². The van der Waals surface area contributed by atoms with E-state index in [2.05, 4.69) is 18.8 Å². The summed E-state index contributed by atoms with van der Waals surface area (Å²) in [5, 5.41) is 8.78. The van der Waals surface area contributed by atoms with Gasteiger partial charge in [0.25, 0.3) is 0 Å². The lowest BCUT2D eigenvalue weighted by molar-refractivity contribution is 0.0532. The second kappa shape index (κ2) is 17.0. The highest BCUT2D eigenvalue weighted by Crippen LogP contribution is 2.53. The fourth-order valence-electron chi connectivity index (χ4n) is 4.50. The van der Waals surface area contributed by atoms with Gasteiger partial charge in [0.1, 0.15) is 30.5 Å². The van der Waals surface area contributed by atoms with Gasteiger partial charge in [-0.1, -0.05) is 57.0 Å². The lowest BCUT2D eigenvalue weighted by Gasteiger charge is -2.24. The zero-order chi connectivity index (χ0) is 30.6. The smallest absolute Gasteiger partial charge is 0.158 e. The van der Waals surface area contributed by atoms with Crippen LogP contribution in [0.2, 0.25) is 0 Å². The second-order valence-corrected chi connectivity index (χ2v) is 12.9. The summed E-state index contributed by atoms with van der Waals surface area (Å²) < 4.78 is 24.5. The molecule has 232 valence electrons. The van der Waals surface area contributed by atoms with Gasteiger partial charge in [-0.25, -0.2) is 4.99 Å². The topological polar surface area (TPSA) is 125 Å². The average Bonchev–Trinajstić information content (AvgIpc) is 3.24. The molecule has 1 aliphatic rings. The number of nitrogens with two attached hydrogens (primary N) is 2. The summed E-state index contributed by atoms with van der Waals surface area (Å²) in [5.41, 5.74) is 14.7. The van der Waals surface area contributed by atoms with Crippen molar-refractivity contribution in [2.24, 2.45) is 16.6 Å². The molecule has 42 heavy (non-hydrogen) atoms. The van der Waals surface area contributed by atoms with Gasteiger partial charge in [-0.15, -0.1) is 11.8 Å². The monoisotopic (exact) mass is 616 g/mol. The van der Waals surface area contributed by atoms with Crippen LogP contribution in [-0.4, -0.2) is 56.1 Å². The Morgan fingerprint density at radius 1 is 0.857 bits per heavy atom. The minimum atomic E-state index is 0.0550. The molecular weight excluding hydrogens is 569 g/mol. The second-order valence-electron chi connectivity index (χ2n) is 10.8. The van der Waals surface area contributed by atoms with Gasteiger partial charge in [0.2, 0.25) is 0 Å². The van der Waals surface area contributed by atoms with Crippen LogP contribution in [0.4, 0.5) is 5.69 Å². The standard InChI is InChI=1S/C32H48N4O4S2/c1-7-9-12-22(8-2)19-41-29-27(39-17-15-37-20(3)4)25-26(32(35)36-31(25)34)28(40-18-16-38-21(5)6)30(29)42-24-14-11-10-13-23(24)33/h10-11,13-14,20-22H,7-9,12,15-19,33H2,1-6H3,(H3,34,35,36). The minimum absolute atomic E-state index is 0.0550. The van der Waals surface area contributed by atoms with E-state index in [9.17, 15) is 0 Å². The highest BCUT2D eigenvalue weighted by molar-refractivity contribution is 8.02. The maximum atomic E-state index is 8.78. The molecule has 0 amide bonds. The fraction of sp³-hybridized carbons (Fsp3) is 0.562. The predicted molar refractivity (Wildman–Crippen MR) is 176 cm³/mol. The summed E-state index contributed by atoms with van der Waals surface area (Å²) in [6.45, 7) is 14.0. The number of rotatable bonds is 19. The molecule has 5 N–H and O–H groups in total. The molecule has 0 saturated carbocycles. The molecule has 10 heteroatoms. The number of nitrogen functional groups attached to an aromatic ring is 1. The Labute approximate surface area is 260 Å². The first-order valence-electron chi connectivity index (χ1n) is 15.0. The van der Waals surface area contributed by atoms with Crippen LogP contribution in [0.3, 0.4) is 0 Å². The Bertz CT molecular complexity index is 1220. The maximum absolute atomic E-state index is 8.78. The van der Waals surface area contributed by atoms with E-state index in [0.717, 1.165) is 26.9 Å². The zero-order valence-electron chi connectivity index (χ0n) is 26.0. The van der Waals surface area contributed by atoms with Crippen LogP contribution in [0.25, 0.3) is 0 Å². The normalized spacial score (nSPS) is 13.5. The van der Waals surface area contributed by atoms with Crippen LogP contribution in [0, 0.1) is 11.3 Å². The first-order chi connectivity index (χ1) is 20.2. The SMILES string of the molecule is CCCCC(CC)CSc1c(OCCOC(C)C)c2c(c(OCCOC(C)C)c1Sc1ccccc1N)C(=N)N=C2N. The Morgan fingerprint density at radius 2 is 1.48 bits per heavy atom. The Kier molecular flexibility index (Phi) is 13.8. The molecule has 1 aliphatic heterocycles. The number of unbranched alkanes of at least 4 members (excludes halogenated alkanes) is 1. The third-order valence-electron chi connectivity index (χ3n) is 6.75. The number of anilines is 1. The largest absolute Gasteiger partial charge is 0.489 e. The summed E-state index contributed by atoms with van der Waals surface area (Å²) in [4.78, 5) is 7.03. The summed E-state index contributed by atoms with van der Waals surface area (Å²) in [6.07, 6.45) is 4.80. The van der Waals surface area contributed by atoms with Gasteiger partial charge < -0.3 is 30.4 Å². The van der Waals surface area contributed by atoms with Crippen molar-refractivity contribution in [1.29, 1.82) is 5.41 Å². The molecule has 1 heterocycles. The Balaban J connectivity index is 2.18. The fourth-order valence-corrected chi connectivity index (χ4v) is 7.11. The van der Waals surface area contributed by atoms with Gasteiger partial charge >= 0.3 is 0 Å². The summed E-state index contributed by atoms with van der Waals surface area (Å²) in [6, 6.07) is 7.78. The Morgan fingerprint density at radius 3 is 2.05 bits per heavy atom. The van der Waals surface area contributed by atoms with Crippen LogP contribution in [-0.2, 0) is 9.47 Å². The van der Waals surface area contributed by atoms with Gasteiger partial charge in [-0.2, -0.15) is 0 Å². The van der Waals surface area contributed by atoms with Gasteiger partial charge in [0.15, 0.2) is 5.84 Å². The van der Waals surface area contributed by atoms with Crippen LogP contribution < -0.4 is 20.9 Å². The molecule has 2 aromatic carbocycles. The highest BCUT2D eigenvalue weighted by atomic mass is 32.2. The number of amidine groups is 2. The van der Waals surface area contributed by atoms with Crippen molar-refractivity contribution in [2.75, 3.05) is 37.9 Å². The molecule has 8 nitrogen and oxygen atoms in total. The Hall–Kier alpha value is -2.40. The van der Waals surface area contributed by atoms with Crippen molar-refractivity contribution in [3.63, 3.8) is 0 Å². The van der Waals surface area contributed by atoms with Gasteiger partial charge in [0, 0.05) is 16.3 Å². The molecule has 1 atom stereocenters. The molecular formula is C32H48N4O4S2. The summed E-state index contributed by atoms with van der Waals surface area (Å²) in [5.74, 6) is 2.96. The number of aliphatic imine (C=N–C) groups is 1. The number of hydrogen-bond donors (Lipinski definition) is 3. The van der Waals surface area contributed by atoms with E-state index in [1.807, 2.05) is 52.0 Å². The van der Waals surface area contributed by atoms with Crippen molar-refractivity contribution in [3.8, 4) is 11.5 Å². The first kappa shape index (κ1) is 34.1. The van der Waals surface area contributed by atoms with E-state index in [0.29, 0.717) is 60.7 Å². The quantitative estimate of drug-likeness (QED) is 0.0848. The molecule has 0 aliphatic carbocycles. The lowest BCUT2D eigenvalue weighted by Crippen LogP contribution is -2.18. The van der Waals surface area contributed by atoms with Crippen molar-refractivity contribution in [3.05, 3.63) is 35.4 Å². The number of para-hydroxylation sites is 1. The third-order valence-corrected chi connectivity index (χ3v) is 9.38. The predicted octanol–water partition coefficient (Wildman–Crippen LogP) is 7.38. The summed E-state index contributed by atoms with van der Waals surface area (Å²) >= 11 is 3.28. The number of thioether (sulfide) groups is 1. The lowest BCUT2D eigenvalue weighted by atomic mass is 10.0. The minimum Gasteiger partial charge on any atom is -0.489 e. The molecule has 2 aromatic rings. The molecule has 0 radical (unpaired) electrons. The van der Waals surface area contributed by atoms with E-state index in [-0.39, 0.29) is 23.9 Å². The molecule has 0 spiro atoms. The van der Waals surface area contributed by atoms with Crippen molar-refractivity contribution in [1.82, 2.24) is 0 Å². The molecule has 0 aromatic heterocycles. The van der Waals surface area contributed by atoms with Crippen LogP contribution in [0.1, 0.15) is 78.4 Å². The van der Waals surface area contributed by atoms with E-state index in [1.54, 1.807) is 11.8 Å². The van der Waals surface area contributed by atoms with Gasteiger partial charge in [0.05, 0.1) is 46.3 Å². The number of benzene rings is 2.